The second-order valence-electron chi connectivity index (χ2n) is 8.35. The Labute approximate surface area is 197 Å². The Morgan fingerprint density at radius 3 is 2.45 bits per heavy atom. The first kappa shape index (κ1) is 22.7. The molecule has 1 saturated heterocycles. The second kappa shape index (κ2) is 9.16. The number of anilines is 2. The van der Waals surface area contributed by atoms with E-state index in [0.717, 1.165) is 5.56 Å². The van der Waals surface area contributed by atoms with Gasteiger partial charge in [-0.1, -0.05) is 54.9 Å². The molecule has 3 amide bonds. The predicted molar refractivity (Wildman–Crippen MR) is 128 cm³/mol. The van der Waals surface area contributed by atoms with Crippen molar-refractivity contribution >= 4 is 40.7 Å². The normalized spacial score (nSPS) is 20.2. The molecule has 2 unspecified atom stereocenters. The third kappa shape index (κ3) is 4.26. The summed E-state index contributed by atoms with van der Waals surface area (Å²) >= 11 is 6.50. The number of amides is 3. The Bertz CT molecular complexity index is 1200. The molecule has 0 aliphatic carbocycles. The van der Waals surface area contributed by atoms with Crippen molar-refractivity contribution in [3.05, 3.63) is 89.2 Å². The number of hydrogen-bond acceptors (Lipinski definition) is 4. The zero-order valence-corrected chi connectivity index (χ0v) is 19.2. The minimum Gasteiger partial charge on any atom is -0.321 e. The standard InChI is InChI=1S/C26H24ClN3O3/c1-3-19-24(32)30(25(33)26(19,2)16-17-9-5-4-6-10-17)22-13-12-18(15-20(22)27)29-23(31)21-11-7-8-14-28-21/h4-15,19H,3,16H2,1-2H3,(H,29,31). The van der Waals surface area contributed by atoms with Crippen LogP contribution in [0.15, 0.2) is 72.9 Å². The van der Waals surface area contributed by atoms with E-state index in [1.165, 1.54) is 17.2 Å². The first-order chi connectivity index (χ1) is 15.8. The molecule has 1 N–H and O–H groups in total. The molecule has 0 saturated carbocycles. The van der Waals surface area contributed by atoms with Gasteiger partial charge in [0, 0.05) is 11.9 Å². The zero-order valence-electron chi connectivity index (χ0n) is 18.4. The number of pyridine rings is 1. The fourth-order valence-corrected chi connectivity index (χ4v) is 4.73. The van der Waals surface area contributed by atoms with Gasteiger partial charge in [-0.3, -0.25) is 19.4 Å². The number of imide groups is 1. The third-order valence-electron chi connectivity index (χ3n) is 6.15. The van der Waals surface area contributed by atoms with Gasteiger partial charge in [0.15, 0.2) is 0 Å². The molecular formula is C26H24ClN3O3. The van der Waals surface area contributed by atoms with E-state index in [1.807, 2.05) is 44.2 Å². The minimum atomic E-state index is -0.873. The minimum absolute atomic E-state index is 0.203. The largest absolute Gasteiger partial charge is 0.321 e. The van der Waals surface area contributed by atoms with Gasteiger partial charge in [0.1, 0.15) is 5.69 Å². The number of nitrogens with zero attached hydrogens (tertiary/aromatic N) is 2. The third-order valence-corrected chi connectivity index (χ3v) is 6.45. The van der Waals surface area contributed by atoms with Crippen LogP contribution in [0.4, 0.5) is 11.4 Å². The molecule has 33 heavy (non-hydrogen) atoms. The molecule has 1 aromatic heterocycles. The molecule has 1 aliphatic rings. The van der Waals surface area contributed by atoms with Crippen molar-refractivity contribution in [2.24, 2.45) is 11.3 Å². The van der Waals surface area contributed by atoms with E-state index >= 15 is 0 Å². The fourth-order valence-electron chi connectivity index (χ4n) is 4.46. The first-order valence-electron chi connectivity index (χ1n) is 10.8. The average molecular weight is 462 g/mol. The Kier molecular flexibility index (Phi) is 6.29. The van der Waals surface area contributed by atoms with Crippen LogP contribution in [0.25, 0.3) is 0 Å². The van der Waals surface area contributed by atoms with Crippen LogP contribution < -0.4 is 10.2 Å². The molecule has 2 heterocycles. The lowest BCUT2D eigenvalue weighted by molar-refractivity contribution is -0.126. The summed E-state index contributed by atoms with van der Waals surface area (Å²) < 4.78 is 0. The van der Waals surface area contributed by atoms with Crippen LogP contribution in [-0.4, -0.2) is 22.7 Å². The van der Waals surface area contributed by atoms with Crippen LogP contribution in [0.5, 0.6) is 0 Å². The van der Waals surface area contributed by atoms with Crippen LogP contribution in [0.1, 0.15) is 36.3 Å². The van der Waals surface area contributed by atoms with Gasteiger partial charge in [-0.2, -0.15) is 0 Å². The van der Waals surface area contributed by atoms with Crippen LogP contribution in [0.2, 0.25) is 5.02 Å². The Balaban J connectivity index is 1.61. The number of aromatic nitrogens is 1. The molecule has 0 bridgehead atoms. The quantitative estimate of drug-likeness (QED) is 0.516. The van der Waals surface area contributed by atoms with Crippen molar-refractivity contribution in [1.29, 1.82) is 0 Å². The number of rotatable bonds is 6. The number of hydrogen-bond donors (Lipinski definition) is 1. The van der Waals surface area contributed by atoms with Gasteiger partial charge in [0.25, 0.3) is 5.91 Å². The molecule has 0 spiro atoms. The Morgan fingerprint density at radius 1 is 1.09 bits per heavy atom. The molecule has 2 atom stereocenters. The van der Waals surface area contributed by atoms with E-state index in [4.69, 9.17) is 11.6 Å². The predicted octanol–water partition coefficient (Wildman–Crippen LogP) is 5.14. The van der Waals surface area contributed by atoms with Crippen molar-refractivity contribution in [1.82, 2.24) is 4.98 Å². The summed E-state index contributed by atoms with van der Waals surface area (Å²) in [6.07, 6.45) is 2.54. The van der Waals surface area contributed by atoms with Gasteiger partial charge in [0.05, 0.1) is 22.0 Å². The topological polar surface area (TPSA) is 79.4 Å². The highest BCUT2D eigenvalue weighted by Crippen LogP contribution is 2.46. The molecule has 3 aromatic rings. The molecule has 168 valence electrons. The maximum atomic E-state index is 13.6. The van der Waals surface area contributed by atoms with E-state index in [-0.39, 0.29) is 28.4 Å². The maximum absolute atomic E-state index is 13.6. The first-order valence-corrected chi connectivity index (χ1v) is 11.2. The van der Waals surface area contributed by atoms with Crippen molar-refractivity contribution in [2.75, 3.05) is 10.2 Å². The molecule has 7 heteroatoms. The molecule has 6 nitrogen and oxygen atoms in total. The van der Waals surface area contributed by atoms with Crippen molar-refractivity contribution in [3.63, 3.8) is 0 Å². The lowest BCUT2D eigenvalue weighted by atomic mass is 9.73. The van der Waals surface area contributed by atoms with Crippen molar-refractivity contribution in [3.8, 4) is 0 Å². The molecule has 1 fully saturated rings. The summed E-state index contributed by atoms with van der Waals surface area (Å²) in [5, 5.41) is 2.94. The van der Waals surface area contributed by atoms with Gasteiger partial charge in [-0.05, 0) is 55.7 Å². The van der Waals surface area contributed by atoms with Crippen LogP contribution in [0.3, 0.4) is 0 Å². The molecule has 1 aliphatic heterocycles. The number of benzene rings is 2. The second-order valence-corrected chi connectivity index (χ2v) is 8.76. The molecule has 2 aromatic carbocycles. The summed E-state index contributed by atoms with van der Waals surface area (Å²) in [6.45, 7) is 3.77. The Hall–Kier alpha value is -3.51. The van der Waals surface area contributed by atoms with E-state index in [9.17, 15) is 14.4 Å². The fraction of sp³-hybridized carbons (Fsp3) is 0.231. The van der Waals surface area contributed by atoms with E-state index in [2.05, 4.69) is 10.3 Å². The lowest BCUT2D eigenvalue weighted by Crippen LogP contribution is -2.36. The maximum Gasteiger partial charge on any atom is 0.274 e. The number of carbonyl (C=O) groups excluding carboxylic acids is 3. The lowest BCUT2D eigenvalue weighted by Gasteiger charge is -2.26. The molecule has 4 rings (SSSR count). The number of nitrogens with one attached hydrogen (secondary N) is 1. The van der Waals surface area contributed by atoms with Gasteiger partial charge >= 0.3 is 0 Å². The number of halogens is 1. The van der Waals surface area contributed by atoms with E-state index in [0.29, 0.717) is 24.2 Å². The highest BCUT2D eigenvalue weighted by atomic mass is 35.5. The molecular weight excluding hydrogens is 438 g/mol. The Morgan fingerprint density at radius 2 is 1.82 bits per heavy atom. The zero-order chi connectivity index (χ0) is 23.6. The monoisotopic (exact) mass is 461 g/mol. The van der Waals surface area contributed by atoms with Crippen LogP contribution >= 0.6 is 11.6 Å². The SMILES string of the molecule is CCC1C(=O)N(c2ccc(NC(=O)c3ccccn3)cc2Cl)C(=O)C1(C)Cc1ccccc1. The summed E-state index contributed by atoms with van der Waals surface area (Å²) in [7, 11) is 0. The van der Waals surface area contributed by atoms with Gasteiger partial charge in [0.2, 0.25) is 11.8 Å². The highest BCUT2D eigenvalue weighted by molar-refractivity contribution is 6.36. The van der Waals surface area contributed by atoms with Gasteiger partial charge in [-0.25, -0.2) is 4.90 Å². The van der Waals surface area contributed by atoms with E-state index in [1.54, 1.807) is 30.3 Å². The smallest absolute Gasteiger partial charge is 0.274 e. The van der Waals surface area contributed by atoms with Crippen molar-refractivity contribution in [2.45, 2.75) is 26.7 Å². The summed E-state index contributed by atoms with van der Waals surface area (Å²) in [4.78, 5) is 44.5. The average Bonchev–Trinajstić information content (AvgIpc) is 2.99. The summed E-state index contributed by atoms with van der Waals surface area (Å²) in [5.41, 5.74) is 1.16. The summed E-state index contributed by atoms with van der Waals surface area (Å²) in [6, 6.07) is 19.5. The van der Waals surface area contributed by atoms with Crippen LogP contribution in [0, 0.1) is 11.3 Å². The van der Waals surface area contributed by atoms with Gasteiger partial charge < -0.3 is 5.32 Å². The van der Waals surface area contributed by atoms with Crippen molar-refractivity contribution < 1.29 is 14.4 Å². The number of carbonyl (C=O) groups is 3. The summed E-state index contributed by atoms with van der Waals surface area (Å²) in [5.74, 6) is -1.36. The van der Waals surface area contributed by atoms with Gasteiger partial charge in [-0.15, -0.1) is 0 Å². The molecule has 0 radical (unpaired) electrons. The van der Waals surface area contributed by atoms with E-state index < -0.39 is 11.3 Å². The van der Waals surface area contributed by atoms with Crippen LogP contribution in [-0.2, 0) is 16.0 Å². The highest BCUT2D eigenvalue weighted by Gasteiger charge is 2.56.